The van der Waals surface area contributed by atoms with Crippen molar-refractivity contribution in [2.75, 3.05) is 26.4 Å². The lowest BCUT2D eigenvalue weighted by molar-refractivity contribution is 0.0453. The molecule has 0 bridgehead atoms. The molecule has 0 rings (SSSR count). The van der Waals surface area contributed by atoms with E-state index in [-0.39, 0.29) is 0 Å². The summed E-state index contributed by atoms with van der Waals surface area (Å²) in [4.78, 5) is 0. The van der Waals surface area contributed by atoms with Gasteiger partial charge in [-0.3, -0.25) is 0 Å². The van der Waals surface area contributed by atoms with E-state index in [0.717, 1.165) is 25.7 Å². The molecule has 0 aliphatic rings. The van der Waals surface area contributed by atoms with E-state index in [0.29, 0.717) is 39.3 Å². The van der Waals surface area contributed by atoms with Gasteiger partial charge < -0.3 is 9.47 Å². The predicted octanol–water partition coefficient (Wildman–Crippen LogP) is 2.41. The molecule has 0 aromatic carbocycles. The summed E-state index contributed by atoms with van der Waals surface area (Å²) in [5.74, 6) is 0. The third-order valence-electron chi connectivity index (χ3n) is 2.03. The molecule has 4 nitrogen and oxygen atoms in total. The fourth-order valence-electron chi connectivity index (χ4n) is 1.14. The second-order valence-electron chi connectivity index (χ2n) is 3.46. The quantitative estimate of drug-likeness (QED) is 0.505. The second-order valence-corrected chi connectivity index (χ2v) is 3.46. The average Bonchev–Trinajstić information content (AvgIpc) is 2.31. The maximum absolute atomic E-state index is 8.30. The molecule has 0 aliphatic heterocycles. The highest BCUT2D eigenvalue weighted by atomic mass is 16.5. The minimum Gasteiger partial charge on any atom is -0.379 e. The molecule has 0 atom stereocenters. The van der Waals surface area contributed by atoms with E-state index in [1.54, 1.807) is 0 Å². The van der Waals surface area contributed by atoms with Gasteiger partial charge in [-0.2, -0.15) is 10.5 Å². The smallest absolute Gasteiger partial charge is 0.0700 e. The molecule has 0 aliphatic carbocycles. The Hall–Kier alpha value is -1.10. The van der Waals surface area contributed by atoms with Gasteiger partial charge in [0.25, 0.3) is 0 Å². The summed E-state index contributed by atoms with van der Waals surface area (Å²) in [7, 11) is 0. The summed E-state index contributed by atoms with van der Waals surface area (Å²) < 4.78 is 10.6. The Bertz CT molecular complexity index is 194. The first-order valence-corrected chi connectivity index (χ1v) is 5.81. The summed E-state index contributed by atoms with van der Waals surface area (Å²) in [6, 6.07) is 4.20. The van der Waals surface area contributed by atoms with Crippen LogP contribution in [-0.2, 0) is 9.47 Å². The molecule has 0 spiro atoms. The molecule has 4 heteroatoms. The van der Waals surface area contributed by atoms with Crippen LogP contribution in [-0.4, -0.2) is 26.4 Å². The Labute approximate surface area is 97.8 Å². The van der Waals surface area contributed by atoms with Gasteiger partial charge in [-0.05, 0) is 25.7 Å². The Morgan fingerprint density at radius 2 is 1.06 bits per heavy atom. The van der Waals surface area contributed by atoms with Crippen LogP contribution in [0.3, 0.4) is 0 Å². The van der Waals surface area contributed by atoms with E-state index in [9.17, 15) is 0 Å². The zero-order chi connectivity index (χ0) is 11.9. The van der Waals surface area contributed by atoms with Gasteiger partial charge in [0.15, 0.2) is 0 Å². The van der Waals surface area contributed by atoms with Crippen LogP contribution in [0.25, 0.3) is 0 Å². The third-order valence-corrected chi connectivity index (χ3v) is 2.03. The van der Waals surface area contributed by atoms with Gasteiger partial charge in [0.05, 0.1) is 25.4 Å². The molecule has 0 amide bonds. The van der Waals surface area contributed by atoms with E-state index in [4.69, 9.17) is 20.0 Å². The van der Waals surface area contributed by atoms with Crippen LogP contribution in [0.5, 0.6) is 0 Å². The summed E-state index contributed by atoms with van der Waals surface area (Å²) >= 11 is 0. The van der Waals surface area contributed by atoms with Crippen LogP contribution in [0.15, 0.2) is 0 Å². The van der Waals surface area contributed by atoms with E-state index >= 15 is 0 Å². The van der Waals surface area contributed by atoms with Crippen molar-refractivity contribution in [2.24, 2.45) is 0 Å². The normalized spacial score (nSPS) is 9.62. The fourth-order valence-corrected chi connectivity index (χ4v) is 1.14. The van der Waals surface area contributed by atoms with Gasteiger partial charge in [0, 0.05) is 26.1 Å². The molecule has 0 N–H and O–H groups in total. The van der Waals surface area contributed by atoms with Crippen LogP contribution in [0.2, 0.25) is 0 Å². The molecule has 0 saturated heterocycles. The van der Waals surface area contributed by atoms with Crippen molar-refractivity contribution < 1.29 is 9.47 Å². The lowest BCUT2D eigenvalue weighted by Crippen LogP contribution is -2.06. The molecule has 0 heterocycles. The van der Waals surface area contributed by atoms with Gasteiger partial charge in [0.1, 0.15) is 0 Å². The van der Waals surface area contributed by atoms with Crippen LogP contribution in [0, 0.1) is 22.7 Å². The summed E-state index contributed by atoms with van der Waals surface area (Å²) in [5.41, 5.74) is 0. The van der Waals surface area contributed by atoms with Gasteiger partial charge in [0.2, 0.25) is 0 Å². The minimum absolute atomic E-state index is 0.610. The van der Waals surface area contributed by atoms with E-state index in [2.05, 4.69) is 12.1 Å². The third kappa shape index (κ3) is 12.9. The molecule has 16 heavy (non-hydrogen) atoms. The van der Waals surface area contributed by atoms with Crippen molar-refractivity contribution in [1.29, 1.82) is 10.5 Å². The monoisotopic (exact) mass is 224 g/mol. The van der Waals surface area contributed by atoms with Crippen molar-refractivity contribution in [3.05, 3.63) is 0 Å². The number of rotatable bonds is 11. The van der Waals surface area contributed by atoms with Crippen LogP contribution < -0.4 is 0 Å². The van der Waals surface area contributed by atoms with Crippen molar-refractivity contribution in [1.82, 2.24) is 0 Å². The Kier molecular flexibility index (Phi) is 12.9. The maximum Gasteiger partial charge on any atom is 0.0700 e. The topological polar surface area (TPSA) is 66.0 Å². The molecular weight excluding hydrogens is 204 g/mol. The van der Waals surface area contributed by atoms with Crippen LogP contribution >= 0.6 is 0 Å². The van der Waals surface area contributed by atoms with Gasteiger partial charge in [-0.1, -0.05) is 0 Å². The lowest BCUT2D eigenvalue weighted by atomic mass is 10.3. The highest BCUT2D eigenvalue weighted by Crippen LogP contribution is 1.95. The molecular formula is C12H20N2O2. The van der Waals surface area contributed by atoms with Crippen molar-refractivity contribution in [3.63, 3.8) is 0 Å². The number of hydrogen-bond donors (Lipinski definition) is 0. The SMILES string of the molecule is N#CCCCCOCCOCCCCC#N. The van der Waals surface area contributed by atoms with Crippen molar-refractivity contribution >= 4 is 0 Å². The minimum atomic E-state index is 0.610. The highest BCUT2D eigenvalue weighted by molar-refractivity contribution is 4.68. The zero-order valence-electron chi connectivity index (χ0n) is 9.78. The predicted molar refractivity (Wildman–Crippen MR) is 60.6 cm³/mol. The van der Waals surface area contributed by atoms with Gasteiger partial charge in [-0.25, -0.2) is 0 Å². The summed E-state index contributed by atoms with van der Waals surface area (Å²) in [6.07, 6.45) is 4.92. The lowest BCUT2D eigenvalue weighted by Gasteiger charge is -2.04. The maximum atomic E-state index is 8.30. The van der Waals surface area contributed by atoms with E-state index in [1.165, 1.54) is 0 Å². The van der Waals surface area contributed by atoms with E-state index < -0.39 is 0 Å². The standard InChI is InChI=1S/C12H20N2O2/c13-7-3-1-5-9-15-11-12-16-10-6-2-4-8-14/h1-6,9-12H2. The largest absolute Gasteiger partial charge is 0.379 e. The van der Waals surface area contributed by atoms with Crippen LogP contribution in [0.4, 0.5) is 0 Å². The van der Waals surface area contributed by atoms with E-state index in [1.807, 2.05) is 0 Å². The Morgan fingerprint density at radius 1 is 0.625 bits per heavy atom. The average molecular weight is 224 g/mol. The molecule has 90 valence electrons. The Balaban J connectivity index is 2.89. The Morgan fingerprint density at radius 3 is 1.44 bits per heavy atom. The molecule has 0 unspecified atom stereocenters. The first-order chi connectivity index (χ1) is 7.91. The number of nitrogens with zero attached hydrogens (tertiary/aromatic N) is 2. The molecule has 0 radical (unpaired) electrons. The molecule has 0 fully saturated rings. The van der Waals surface area contributed by atoms with Crippen molar-refractivity contribution in [2.45, 2.75) is 38.5 Å². The highest BCUT2D eigenvalue weighted by Gasteiger charge is 1.91. The number of unbranched alkanes of at least 4 members (excludes halogenated alkanes) is 4. The van der Waals surface area contributed by atoms with Crippen LogP contribution in [0.1, 0.15) is 38.5 Å². The van der Waals surface area contributed by atoms with Gasteiger partial charge >= 0.3 is 0 Å². The number of hydrogen-bond acceptors (Lipinski definition) is 4. The molecule has 0 aromatic heterocycles. The summed E-state index contributed by atoms with van der Waals surface area (Å²) in [5, 5.41) is 16.6. The van der Waals surface area contributed by atoms with Crippen molar-refractivity contribution in [3.8, 4) is 12.1 Å². The zero-order valence-corrected chi connectivity index (χ0v) is 9.78. The number of ether oxygens (including phenoxy) is 2. The fraction of sp³-hybridized carbons (Fsp3) is 0.833. The number of nitriles is 2. The molecule has 0 saturated carbocycles. The first kappa shape index (κ1) is 14.9. The second kappa shape index (κ2) is 13.9. The molecule has 0 aromatic rings. The van der Waals surface area contributed by atoms with Gasteiger partial charge in [-0.15, -0.1) is 0 Å². The first-order valence-electron chi connectivity index (χ1n) is 5.81. The summed E-state index contributed by atoms with van der Waals surface area (Å²) in [6.45, 7) is 2.65.